The third kappa shape index (κ3) is 2.75. The third-order valence-electron chi connectivity index (χ3n) is 6.03. The number of imidazole rings is 2. The van der Waals surface area contributed by atoms with E-state index in [-0.39, 0.29) is 0 Å². The lowest BCUT2D eigenvalue weighted by molar-refractivity contribution is 0.543. The molecule has 0 radical (unpaired) electrons. The molecular weight excluding hydrogens is 346 g/mol. The Morgan fingerprint density at radius 1 is 0.750 bits per heavy atom. The van der Waals surface area contributed by atoms with Crippen LogP contribution in [0.2, 0.25) is 0 Å². The van der Waals surface area contributed by atoms with Crippen molar-refractivity contribution in [2.45, 2.75) is 24.9 Å². The van der Waals surface area contributed by atoms with Gasteiger partial charge in [0, 0.05) is 6.04 Å². The zero-order valence-electron chi connectivity index (χ0n) is 15.4. The zero-order chi connectivity index (χ0) is 18.5. The molecule has 28 heavy (non-hydrogen) atoms. The van der Waals surface area contributed by atoms with Gasteiger partial charge in [0.1, 0.15) is 5.82 Å². The summed E-state index contributed by atoms with van der Waals surface area (Å²) in [4.78, 5) is 15.4. The van der Waals surface area contributed by atoms with E-state index in [1.807, 2.05) is 12.4 Å². The van der Waals surface area contributed by atoms with Gasteiger partial charge in [-0.15, -0.1) is 0 Å². The maximum Gasteiger partial charge on any atom is 0.123 e. The van der Waals surface area contributed by atoms with E-state index < -0.39 is 0 Å². The number of piperidine rings is 1. The Morgan fingerprint density at radius 2 is 1.43 bits per heavy atom. The fourth-order valence-corrected chi connectivity index (χ4v) is 4.29. The smallest absolute Gasteiger partial charge is 0.123 e. The van der Waals surface area contributed by atoms with Gasteiger partial charge in [0.25, 0.3) is 0 Å². The molecule has 0 amide bonds. The molecule has 0 unspecified atom stereocenters. The van der Waals surface area contributed by atoms with Crippen LogP contribution in [0.3, 0.4) is 0 Å². The highest BCUT2D eigenvalue weighted by atomic mass is 15.1. The molecular formula is C23H21N5. The van der Waals surface area contributed by atoms with Crippen molar-refractivity contribution in [1.29, 1.82) is 0 Å². The Hall–Kier alpha value is -3.18. The molecule has 1 saturated carbocycles. The molecule has 2 aromatic heterocycles. The second kappa shape index (κ2) is 6.17. The SMILES string of the molecule is c1ncc(-c2ccc(-c3ccc(-c4cnc([C@@H]5C[C@H]6C[C@H]6N5)[nH]4)cc3)cc2)[nH]1. The standard InChI is InChI=1S/C23H21N5/c1-5-16(21-11-24-13-26-21)6-2-14(1)15-3-7-17(8-4-15)22-12-25-23(28-22)20-10-18-9-19(18)27-20/h1-8,11-13,18-20,27H,9-10H2,(H,24,26)(H,25,28)/t18-,19-,20+/m1/s1. The normalized spacial score (nSPS) is 22.9. The predicted octanol–water partition coefficient (Wildman–Crippen LogP) is 4.56. The summed E-state index contributed by atoms with van der Waals surface area (Å²) in [6.45, 7) is 0. The monoisotopic (exact) mass is 367 g/mol. The van der Waals surface area contributed by atoms with Gasteiger partial charge in [0.05, 0.1) is 36.2 Å². The quantitative estimate of drug-likeness (QED) is 0.495. The van der Waals surface area contributed by atoms with Crippen molar-refractivity contribution in [1.82, 2.24) is 25.3 Å². The fraction of sp³-hybridized carbons (Fsp3) is 0.217. The summed E-state index contributed by atoms with van der Waals surface area (Å²) in [6, 6.07) is 18.3. The molecule has 1 saturated heterocycles. The van der Waals surface area contributed by atoms with Crippen LogP contribution in [0, 0.1) is 5.92 Å². The van der Waals surface area contributed by atoms with E-state index in [9.17, 15) is 0 Å². The zero-order valence-corrected chi connectivity index (χ0v) is 15.4. The Bertz CT molecular complexity index is 1080. The summed E-state index contributed by atoms with van der Waals surface area (Å²) in [7, 11) is 0. The Labute approximate surface area is 163 Å². The maximum absolute atomic E-state index is 4.62. The second-order valence-electron chi connectivity index (χ2n) is 7.86. The number of nitrogens with one attached hydrogen (secondary N) is 3. The molecule has 2 aromatic carbocycles. The van der Waals surface area contributed by atoms with Gasteiger partial charge in [-0.3, -0.25) is 0 Å². The van der Waals surface area contributed by atoms with Crippen LogP contribution >= 0.6 is 0 Å². The van der Waals surface area contributed by atoms with E-state index in [2.05, 4.69) is 73.8 Å². The second-order valence-corrected chi connectivity index (χ2v) is 7.86. The third-order valence-corrected chi connectivity index (χ3v) is 6.03. The summed E-state index contributed by atoms with van der Waals surface area (Å²) >= 11 is 0. The highest BCUT2D eigenvalue weighted by molar-refractivity contribution is 5.71. The molecule has 1 aliphatic heterocycles. The minimum atomic E-state index is 0.394. The number of fused-ring (bicyclic) bond motifs is 1. The van der Waals surface area contributed by atoms with Crippen LogP contribution in [0.5, 0.6) is 0 Å². The van der Waals surface area contributed by atoms with Crippen molar-refractivity contribution in [3.05, 3.63) is 73.1 Å². The lowest BCUT2D eigenvalue weighted by Crippen LogP contribution is -2.18. The first-order chi connectivity index (χ1) is 13.8. The maximum atomic E-state index is 4.62. The lowest BCUT2D eigenvalue weighted by Gasteiger charge is -2.09. The van der Waals surface area contributed by atoms with E-state index in [1.54, 1.807) is 6.33 Å². The molecule has 5 heteroatoms. The molecule has 4 aromatic rings. The average Bonchev–Trinajstić information content (AvgIpc) is 3.24. The van der Waals surface area contributed by atoms with Crippen LogP contribution in [0.4, 0.5) is 0 Å². The number of hydrogen-bond donors (Lipinski definition) is 3. The van der Waals surface area contributed by atoms with Crippen molar-refractivity contribution in [3.8, 4) is 33.6 Å². The summed E-state index contributed by atoms with van der Waals surface area (Å²) < 4.78 is 0. The first-order valence-electron chi connectivity index (χ1n) is 9.84. The van der Waals surface area contributed by atoms with Gasteiger partial charge in [-0.05, 0) is 41.0 Å². The number of nitrogens with zero attached hydrogens (tertiary/aromatic N) is 2. The number of aromatic nitrogens is 4. The number of H-pyrrole nitrogens is 2. The summed E-state index contributed by atoms with van der Waals surface area (Å²) in [5.74, 6) is 1.94. The Balaban J connectivity index is 1.21. The van der Waals surface area contributed by atoms with Crippen molar-refractivity contribution < 1.29 is 0 Å². The number of aromatic amines is 2. The molecule has 5 nitrogen and oxygen atoms in total. The topological polar surface area (TPSA) is 69.4 Å². The van der Waals surface area contributed by atoms with Crippen molar-refractivity contribution in [2.24, 2.45) is 5.92 Å². The number of benzene rings is 2. The van der Waals surface area contributed by atoms with Crippen LogP contribution in [0.25, 0.3) is 33.6 Å². The predicted molar refractivity (Wildman–Crippen MR) is 109 cm³/mol. The van der Waals surface area contributed by atoms with Crippen LogP contribution in [0.1, 0.15) is 24.7 Å². The number of rotatable bonds is 4. The molecule has 3 atom stereocenters. The van der Waals surface area contributed by atoms with Gasteiger partial charge in [-0.1, -0.05) is 48.5 Å². The molecule has 138 valence electrons. The average molecular weight is 367 g/mol. The first kappa shape index (κ1) is 15.8. The van der Waals surface area contributed by atoms with Gasteiger partial charge >= 0.3 is 0 Å². The minimum Gasteiger partial charge on any atom is -0.345 e. The van der Waals surface area contributed by atoms with Crippen molar-refractivity contribution in [3.63, 3.8) is 0 Å². The van der Waals surface area contributed by atoms with Crippen molar-refractivity contribution >= 4 is 0 Å². The molecule has 6 rings (SSSR count). The molecule has 1 aliphatic carbocycles. The lowest BCUT2D eigenvalue weighted by atomic mass is 10.0. The summed E-state index contributed by atoms with van der Waals surface area (Å²) in [5, 5.41) is 3.65. The molecule has 3 N–H and O–H groups in total. The molecule has 0 spiro atoms. The van der Waals surface area contributed by atoms with Crippen LogP contribution < -0.4 is 5.32 Å². The summed E-state index contributed by atoms with van der Waals surface area (Å²) in [6.07, 6.45) is 8.05. The van der Waals surface area contributed by atoms with Crippen molar-refractivity contribution in [2.75, 3.05) is 0 Å². The summed E-state index contributed by atoms with van der Waals surface area (Å²) in [5.41, 5.74) is 6.83. The minimum absolute atomic E-state index is 0.394. The van der Waals surface area contributed by atoms with Gasteiger partial charge < -0.3 is 15.3 Å². The van der Waals surface area contributed by atoms with E-state index in [0.29, 0.717) is 6.04 Å². The first-order valence-corrected chi connectivity index (χ1v) is 9.84. The van der Waals surface area contributed by atoms with E-state index in [4.69, 9.17) is 0 Å². The number of hydrogen-bond acceptors (Lipinski definition) is 3. The van der Waals surface area contributed by atoms with Crippen LogP contribution in [0.15, 0.2) is 67.3 Å². The highest BCUT2D eigenvalue weighted by Gasteiger charge is 2.46. The van der Waals surface area contributed by atoms with E-state index in [1.165, 1.54) is 29.5 Å². The highest BCUT2D eigenvalue weighted by Crippen LogP contribution is 2.45. The Kier molecular flexibility index (Phi) is 3.49. The molecule has 3 heterocycles. The Morgan fingerprint density at radius 3 is 2.04 bits per heavy atom. The fourth-order valence-electron chi connectivity index (χ4n) is 4.29. The van der Waals surface area contributed by atoms with E-state index in [0.717, 1.165) is 34.7 Å². The van der Waals surface area contributed by atoms with Gasteiger partial charge in [0.15, 0.2) is 0 Å². The van der Waals surface area contributed by atoms with Gasteiger partial charge in [-0.25, -0.2) is 9.97 Å². The van der Waals surface area contributed by atoms with Gasteiger partial charge in [-0.2, -0.15) is 0 Å². The largest absolute Gasteiger partial charge is 0.345 e. The van der Waals surface area contributed by atoms with Gasteiger partial charge in [0.2, 0.25) is 0 Å². The van der Waals surface area contributed by atoms with E-state index >= 15 is 0 Å². The molecule has 2 fully saturated rings. The van der Waals surface area contributed by atoms with Crippen LogP contribution in [-0.4, -0.2) is 26.0 Å². The molecule has 2 aliphatic rings. The molecule has 0 bridgehead atoms. The van der Waals surface area contributed by atoms with Crippen LogP contribution in [-0.2, 0) is 0 Å².